The third-order valence-corrected chi connectivity index (χ3v) is 2.99. The Morgan fingerprint density at radius 1 is 1.61 bits per heavy atom. The second-order valence-corrected chi connectivity index (χ2v) is 4.31. The minimum atomic E-state index is -0.337. The summed E-state index contributed by atoms with van der Waals surface area (Å²) >= 11 is 0. The molecule has 1 amide bonds. The molecule has 2 N–H and O–H groups in total. The minimum absolute atomic E-state index is 0.0921. The number of hydrogen-bond acceptors (Lipinski definition) is 4. The van der Waals surface area contributed by atoms with E-state index in [0.717, 1.165) is 11.3 Å². The highest BCUT2D eigenvalue weighted by Gasteiger charge is 2.22. The highest BCUT2D eigenvalue weighted by molar-refractivity contribution is 5.69. The molecule has 1 heterocycles. The van der Waals surface area contributed by atoms with Gasteiger partial charge in [0.05, 0.1) is 13.7 Å². The summed E-state index contributed by atoms with van der Waals surface area (Å²) < 4.78 is 10.2. The number of carbonyl (C=O) groups excluding carboxylic acids is 1. The van der Waals surface area contributed by atoms with Gasteiger partial charge >= 0.3 is 6.09 Å². The van der Waals surface area contributed by atoms with Crippen LogP contribution in [0.5, 0.6) is 5.75 Å². The minimum Gasteiger partial charge on any atom is -0.497 e. The van der Waals surface area contributed by atoms with Crippen molar-refractivity contribution in [3.8, 4) is 5.75 Å². The number of hydrogen-bond donors (Lipinski definition) is 2. The first-order chi connectivity index (χ1) is 8.69. The lowest BCUT2D eigenvalue weighted by molar-refractivity contribution is 0.138. The summed E-state index contributed by atoms with van der Waals surface area (Å²) in [6.07, 6.45) is -0.429. The molecule has 1 saturated heterocycles. The van der Waals surface area contributed by atoms with Crippen LogP contribution in [0.15, 0.2) is 24.3 Å². The number of rotatable bonds is 5. The van der Waals surface area contributed by atoms with Crippen molar-refractivity contribution in [3.63, 3.8) is 0 Å². The van der Waals surface area contributed by atoms with Crippen LogP contribution in [0.1, 0.15) is 18.5 Å². The molecule has 2 rings (SSSR count). The Bertz CT molecular complexity index is 422. The molecule has 0 aliphatic carbocycles. The van der Waals surface area contributed by atoms with Crippen molar-refractivity contribution in [1.82, 2.24) is 10.6 Å². The first kappa shape index (κ1) is 12.7. The van der Waals surface area contributed by atoms with Gasteiger partial charge in [-0.05, 0) is 24.6 Å². The highest BCUT2D eigenvalue weighted by Crippen LogP contribution is 2.18. The van der Waals surface area contributed by atoms with Crippen molar-refractivity contribution in [2.45, 2.75) is 19.1 Å². The van der Waals surface area contributed by atoms with Crippen LogP contribution < -0.4 is 15.4 Å². The van der Waals surface area contributed by atoms with Crippen LogP contribution in [0.2, 0.25) is 0 Å². The Labute approximate surface area is 106 Å². The lowest BCUT2D eigenvalue weighted by Crippen LogP contribution is -2.31. The maximum absolute atomic E-state index is 10.9. The van der Waals surface area contributed by atoms with Gasteiger partial charge in [-0.3, -0.25) is 0 Å². The van der Waals surface area contributed by atoms with Crippen molar-refractivity contribution < 1.29 is 14.3 Å². The number of ether oxygens (including phenoxy) is 2. The summed E-state index contributed by atoms with van der Waals surface area (Å²) in [7, 11) is 1.65. The van der Waals surface area contributed by atoms with Gasteiger partial charge in [0.15, 0.2) is 0 Å². The largest absolute Gasteiger partial charge is 0.497 e. The van der Waals surface area contributed by atoms with Crippen molar-refractivity contribution in [2.75, 3.05) is 20.2 Å². The molecule has 5 heteroatoms. The van der Waals surface area contributed by atoms with Gasteiger partial charge in [0.25, 0.3) is 0 Å². The fourth-order valence-corrected chi connectivity index (χ4v) is 1.88. The zero-order valence-corrected chi connectivity index (χ0v) is 10.6. The monoisotopic (exact) mass is 250 g/mol. The van der Waals surface area contributed by atoms with Crippen LogP contribution in [0.3, 0.4) is 0 Å². The molecule has 1 aliphatic rings. The summed E-state index contributed by atoms with van der Waals surface area (Å²) in [5.41, 5.74) is 1.15. The molecule has 1 aliphatic heterocycles. The molecule has 2 atom stereocenters. The van der Waals surface area contributed by atoms with E-state index in [2.05, 4.69) is 17.6 Å². The molecule has 1 fully saturated rings. The van der Waals surface area contributed by atoms with Crippen LogP contribution in [-0.4, -0.2) is 32.4 Å². The third kappa shape index (κ3) is 3.13. The van der Waals surface area contributed by atoms with Gasteiger partial charge in [-0.25, -0.2) is 4.79 Å². The Morgan fingerprint density at radius 3 is 3.11 bits per heavy atom. The average Bonchev–Trinajstić information content (AvgIpc) is 2.82. The van der Waals surface area contributed by atoms with Crippen LogP contribution >= 0.6 is 0 Å². The molecular formula is C13H18N2O3. The zero-order chi connectivity index (χ0) is 13.0. The Balaban J connectivity index is 1.86. The molecule has 5 nitrogen and oxygen atoms in total. The number of carbonyl (C=O) groups is 1. The lowest BCUT2D eigenvalue weighted by Gasteiger charge is -2.17. The van der Waals surface area contributed by atoms with Crippen LogP contribution in [-0.2, 0) is 4.74 Å². The molecule has 1 aromatic carbocycles. The van der Waals surface area contributed by atoms with Crippen molar-refractivity contribution in [1.29, 1.82) is 0 Å². The Kier molecular flexibility index (Phi) is 4.04. The van der Waals surface area contributed by atoms with E-state index in [1.165, 1.54) is 0 Å². The number of benzene rings is 1. The van der Waals surface area contributed by atoms with Gasteiger partial charge in [0.2, 0.25) is 0 Å². The van der Waals surface area contributed by atoms with Crippen LogP contribution in [0, 0.1) is 0 Å². The van der Waals surface area contributed by atoms with Gasteiger partial charge < -0.3 is 20.1 Å². The predicted molar refractivity (Wildman–Crippen MR) is 67.7 cm³/mol. The molecule has 98 valence electrons. The Hall–Kier alpha value is -1.75. The second-order valence-electron chi connectivity index (χ2n) is 4.31. The standard InChI is InChI=1S/C13H18N2O3/c1-9(10-4-3-5-11(6-10)17-2)14-7-12-8-15-13(16)18-12/h3-6,9,12,14H,7-8H2,1-2H3,(H,15,16)/t9-,12+/m0/s1. The van der Waals surface area contributed by atoms with Gasteiger partial charge in [-0.2, -0.15) is 0 Å². The second kappa shape index (κ2) is 5.73. The predicted octanol–water partition coefficient (Wildman–Crippen LogP) is 1.45. The third-order valence-electron chi connectivity index (χ3n) is 2.99. The molecule has 0 radical (unpaired) electrons. The SMILES string of the molecule is COc1cccc([C@H](C)NC[C@@H]2CNC(=O)O2)c1. The van der Waals surface area contributed by atoms with E-state index in [4.69, 9.17) is 9.47 Å². The highest BCUT2D eigenvalue weighted by atomic mass is 16.6. The summed E-state index contributed by atoms with van der Waals surface area (Å²) in [6.45, 7) is 3.27. The Morgan fingerprint density at radius 2 is 2.44 bits per heavy atom. The van der Waals surface area contributed by atoms with Gasteiger partial charge in [0.1, 0.15) is 11.9 Å². The topological polar surface area (TPSA) is 59.6 Å². The average molecular weight is 250 g/mol. The first-order valence-corrected chi connectivity index (χ1v) is 6.01. The molecular weight excluding hydrogens is 232 g/mol. The maximum Gasteiger partial charge on any atom is 0.407 e. The number of methoxy groups -OCH3 is 1. The molecule has 0 aromatic heterocycles. The quantitative estimate of drug-likeness (QED) is 0.830. The van der Waals surface area contributed by atoms with Crippen LogP contribution in [0.4, 0.5) is 4.79 Å². The number of cyclic esters (lactones) is 1. The van der Waals surface area contributed by atoms with E-state index < -0.39 is 0 Å². The fourth-order valence-electron chi connectivity index (χ4n) is 1.88. The number of alkyl carbamates (subject to hydrolysis) is 1. The number of amides is 1. The van der Waals surface area contributed by atoms with E-state index in [-0.39, 0.29) is 18.2 Å². The smallest absolute Gasteiger partial charge is 0.407 e. The summed E-state index contributed by atoms with van der Waals surface area (Å²) in [5.74, 6) is 0.843. The zero-order valence-electron chi connectivity index (χ0n) is 10.6. The van der Waals surface area contributed by atoms with E-state index in [9.17, 15) is 4.79 Å². The van der Waals surface area contributed by atoms with E-state index >= 15 is 0 Å². The van der Waals surface area contributed by atoms with Crippen molar-refractivity contribution in [2.24, 2.45) is 0 Å². The molecule has 0 spiro atoms. The van der Waals surface area contributed by atoms with E-state index in [1.54, 1.807) is 7.11 Å². The molecule has 0 saturated carbocycles. The maximum atomic E-state index is 10.9. The summed E-state index contributed by atoms with van der Waals surface area (Å²) in [5, 5.41) is 5.97. The molecule has 18 heavy (non-hydrogen) atoms. The number of nitrogens with one attached hydrogen (secondary N) is 2. The van der Waals surface area contributed by atoms with Gasteiger partial charge in [-0.15, -0.1) is 0 Å². The lowest BCUT2D eigenvalue weighted by atomic mass is 10.1. The van der Waals surface area contributed by atoms with Crippen molar-refractivity contribution in [3.05, 3.63) is 29.8 Å². The van der Waals surface area contributed by atoms with Crippen LogP contribution in [0.25, 0.3) is 0 Å². The van der Waals surface area contributed by atoms with Gasteiger partial charge in [-0.1, -0.05) is 12.1 Å². The van der Waals surface area contributed by atoms with E-state index in [0.29, 0.717) is 13.1 Å². The summed E-state index contributed by atoms with van der Waals surface area (Å²) in [6, 6.07) is 8.09. The van der Waals surface area contributed by atoms with E-state index in [1.807, 2.05) is 24.3 Å². The van der Waals surface area contributed by atoms with Crippen molar-refractivity contribution >= 4 is 6.09 Å². The fraction of sp³-hybridized carbons (Fsp3) is 0.462. The first-order valence-electron chi connectivity index (χ1n) is 6.01. The normalized spacial score (nSPS) is 20.1. The molecule has 0 unspecified atom stereocenters. The molecule has 0 bridgehead atoms. The summed E-state index contributed by atoms with van der Waals surface area (Å²) in [4.78, 5) is 10.9. The molecule has 1 aromatic rings. The van der Waals surface area contributed by atoms with Gasteiger partial charge in [0, 0.05) is 12.6 Å².